The first-order valence-corrected chi connectivity index (χ1v) is 13.1. The Hall–Kier alpha value is -3.59. The summed E-state index contributed by atoms with van der Waals surface area (Å²) in [7, 11) is 0. The highest BCUT2D eigenvalue weighted by Gasteiger charge is 2.28. The number of carboxylic acid groups (broad SMARTS) is 1. The highest BCUT2D eigenvalue weighted by Crippen LogP contribution is 2.40. The van der Waals surface area contributed by atoms with E-state index in [1.165, 1.54) is 0 Å². The lowest BCUT2D eigenvalue weighted by Crippen LogP contribution is -2.44. The normalized spacial score (nSPS) is 13.1. The predicted octanol–water partition coefficient (Wildman–Crippen LogP) is 6.74. The zero-order chi connectivity index (χ0) is 27.8. The van der Waals surface area contributed by atoms with Crippen LogP contribution in [0, 0.1) is 5.92 Å². The Bertz CT molecular complexity index is 1580. The van der Waals surface area contributed by atoms with Gasteiger partial charge in [0.2, 0.25) is 6.79 Å². The molecule has 0 fully saturated rings. The third-order valence-corrected chi connectivity index (χ3v) is 7.36. The first kappa shape index (κ1) is 27.0. The van der Waals surface area contributed by atoms with Gasteiger partial charge >= 0.3 is 5.97 Å². The minimum atomic E-state index is -1.13. The van der Waals surface area contributed by atoms with E-state index in [9.17, 15) is 14.7 Å². The number of rotatable bonds is 8. The SMILES string of the molecule is CC(C)[C@H](NC(=O)c1cc2cc(OCc3c(Cl)cccc3Cl)ccc2n1-c1cc2c(cc1Cl)OCO2)C(=O)O. The second-order valence-corrected chi connectivity index (χ2v) is 10.5. The average molecular weight is 590 g/mol. The zero-order valence-electron chi connectivity index (χ0n) is 20.8. The fraction of sp³-hybridized carbons (Fsp3) is 0.214. The molecule has 0 bridgehead atoms. The third kappa shape index (κ3) is 5.32. The molecule has 4 aromatic rings. The van der Waals surface area contributed by atoms with E-state index in [1.54, 1.807) is 73.0 Å². The Kier molecular flexibility index (Phi) is 7.53. The number of carbonyl (C=O) groups excluding carboxylic acids is 1. The van der Waals surface area contributed by atoms with Gasteiger partial charge in [0.25, 0.3) is 5.91 Å². The van der Waals surface area contributed by atoms with Gasteiger partial charge in [-0.05, 0) is 42.3 Å². The van der Waals surface area contributed by atoms with Gasteiger partial charge in [0.15, 0.2) is 11.5 Å². The van der Waals surface area contributed by atoms with Crippen molar-refractivity contribution < 1.29 is 28.9 Å². The fourth-order valence-electron chi connectivity index (χ4n) is 4.34. The summed E-state index contributed by atoms with van der Waals surface area (Å²) in [5.41, 5.74) is 1.94. The van der Waals surface area contributed by atoms with Crippen LogP contribution in [0.15, 0.2) is 54.6 Å². The van der Waals surface area contributed by atoms with Crippen molar-refractivity contribution >= 4 is 57.6 Å². The molecule has 0 spiro atoms. The van der Waals surface area contributed by atoms with Crippen LogP contribution in [0.4, 0.5) is 0 Å². The molecule has 11 heteroatoms. The van der Waals surface area contributed by atoms with Crippen LogP contribution < -0.4 is 19.5 Å². The molecule has 3 aromatic carbocycles. The van der Waals surface area contributed by atoms with Crippen LogP contribution in [0.2, 0.25) is 15.1 Å². The average Bonchev–Trinajstić information content (AvgIpc) is 3.49. The number of carbonyl (C=O) groups is 2. The zero-order valence-corrected chi connectivity index (χ0v) is 23.1. The van der Waals surface area contributed by atoms with Crippen LogP contribution in [-0.4, -0.2) is 34.4 Å². The molecule has 2 N–H and O–H groups in total. The first-order chi connectivity index (χ1) is 18.6. The highest BCUT2D eigenvalue weighted by molar-refractivity contribution is 6.36. The van der Waals surface area contributed by atoms with Crippen LogP contribution in [0.25, 0.3) is 16.6 Å². The highest BCUT2D eigenvalue weighted by atomic mass is 35.5. The number of hydrogen-bond donors (Lipinski definition) is 2. The Labute approximate surface area is 238 Å². The van der Waals surface area contributed by atoms with E-state index in [0.29, 0.717) is 54.5 Å². The molecule has 1 aromatic heterocycles. The first-order valence-electron chi connectivity index (χ1n) is 12.0. The maximum absolute atomic E-state index is 13.5. The molecule has 8 nitrogen and oxygen atoms in total. The monoisotopic (exact) mass is 588 g/mol. The summed E-state index contributed by atoms with van der Waals surface area (Å²) in [6.45, 7) is 3.64. The Balaban J connectivity index is 1.58. The lowest BCUT2D eigenvalue weighted by Gasteiger charge is -2.19. The van der Waals surface area contributed by atoms with Crippen molar-refractivity contribution in [1.82, 2.24) is 9.88 Å². The summed E-state index contributed by atoms with van der Waals surface area (Å²) in [4.78, 5) is 25.3. The molecule has 1 aliphatic heterocycles. The molecule has 0 saturated heterocycles. The van der Waals surface area contributed by atoms with E-state index in [2.05, 4.69) is 5.32 Å². The van der Waals surface area contributed by atoms with Crippen molar-refractivity contribution in [3.63, 3.8) is 0 Å². The van der Waals surface area contributed by atoms with Gasteiger partial charge in [0.1, 0.15) is 24.1 Å². The number of amides is 1. The second-order valence-electron chi connectivity index (χ2n) is 9.26. The summed E-state index contributed by atoms with van der Waals surface area (Å²) in [6, 6.07) is 14.4. The summed E-state index contributed by atoms with van der Waals surface area (Å²) in [5, 5.41) is 14.2. The molecule has 39 heavy (non-hydrogen) atoms. The van der Waals surface area contributed by atoms with Gasteiger partial charge in [-0.1, -0.05) is 54.7 Å². The maximum atomic E-state index is 13.5. The van der Waals surface area contributed by atoms with E-state index in [0.717, 1.165) is 0 Å². The number of hydrogen-bond acceptors (Lipinski definition) is 5. The second kappa shape index (κ2) is 10.9. The molecule has 0 unspecified atom stereocenters. The summed E-state index contributed by atoms with van der Waals surface area (Å²) >= 11 is 19.2. The minimum Gasteiger partial charge on any atom is -0.489 e. The van der Waals surface area contributed by atoms with E-state index in [4.69, 9.17) is 49.0 Å². The van der Waals surface area contributed by atoms with Crippen molar-refractivity contribution in [2.24, 2.45) is 5.92 Å². The number of ether oxygens (including phenoxy) is 3. The topological polar surface area (TPSA) is 99.0 Å². The Morgan fingerprint density at radius 3 is 2.36 bits per heavy atom. The number of carboxylic acids is 1. The molecule has 0 radical (unpaired) electrons. The molecule has 0 aliphatic carbocycles. The molecular formula is C28H23Cl3N2O6. The minimum absolute atomic E-state index is 0.0553. The van der Waals surface area contributed by atoms with Crippen LogP contribution in [0.1, 0.15) is 29.9 Å². The van der Waals surface area contributed by atoms with Gasteiger partial charge in [-0.25, -0.2) is 4.79 Å². The molecule has 1 atom stereocenters. The van der Waals surface area contributed by atoms with E-state index in [1.807, 2.05) is 0 Å². The van der Waals surface area contributed by atoms with Crippen LogP contribution in [0.5, 0.6) is 17.2 Å². The number of halogens is 3. The number of aliphatic carboxylic acids is 1. The van der Waals surface area contributed by atoms with Crippen LogP contribution in [0.3, 0.4) is 0 Å². The van der Waals surface area contributed by atoms with Crippen molar-refractivity contribution in [3.8, 4) is 22.9 Å². The lowest BCUT2D eigenvalue weighted by molar-refractivity contribution is -0.140. The van der Waals surface area contributed by atoms with E-state index in [-0.39, 0.29) is 25.0 Å². The summed E-state index contributed by atoms with van der Waals surface area (Å²) in [6.07, 6.45) is 0. The smallest absolute Gasteiger partial charge is 0.326 e. The van der Waals surface area contributed by atoms with Gasteiger partial charge in [0.05, 0.1) is 16.2 Å². The number of aromatic nitrogens is 1. The van der Waals surface area contributed by atoms with E-state index < -0.39 is 17.9 Å². The maximum Gasteiger partial charge on any atom is 0.326 e. The van der Waals surface area contributed by atoms with Gasteiger partial charge in [-0.15, -0.1) is 0 Å². The number of benzene rings is 3. The third-order valence-electron chi connectivity index (χ3n) is 6.35. The lowest BCUT2D eigenvalue weighted by atomic mass is 10.0. The molecule has 202 valence electrons. The fourth-order valence-corrected chi connectivity index (χ4v) is 5.09. The van der Waals surface area contributed by atoms with Crippen molar-refractivity contribution in [3.05, 3.63) is 80.9 Å². The number of fused-ring (bicyclic) bond motifs is 2. The predicted molar refractivity (Wildman–Crippen MR) is 149 cm³/mol. The van der Waals surface area contributed by atoms with E-state index >= 15 is 0 Å². The number of nitrogens with zero attached hydrogens (tertiary/aromatic N) is 1. The Morgan fingerprint density at radius 2 is 1.69 bits per heavy atom. The number of nitrogens with one attached hydrogen (secondary N) is 1. The standard InChI is InChI=1S/C28H23Cl3N2O6/c1-14(2)26(28(35)36)32-27(34)23-9-15-8-16(37-12-17-18(29)4-3-5-19(17)30)6-7-21(15)33(23)22-11-25-24(10-20(22)31)38-13-39-25/h3-11,14,26H,12-13H2,1-2H3,(H,32,34)(H,35,36)/t26-/m0/s1. The molecule has 5 rings (SSSR count). The van der Waals surface area contributed by atoms with Crippen LogP contribution >= 0.6 is 34.8 Å². The molecule has 1 amide bonds. The van der Waals surface area contributed by atoms with Gasteiger partial charge in [0, 0.05) is 33.1 Å². The molecule has 0 saturated carbocycles. The van der Waals surface area contributed by atoms with Gasteiger partial charge in [-0.3, -0.25) is 4.79 Å². The quantitative estimate of drug-likeness (QED) is 0.236. The van der Waals surface area contributed by atoms with Gasteiger partial charge in [-0.2, -0.15) is 0 Å². The largest absolute Gasteiger partial charge is 0.489 e. The van der Waals surface area contributed by atoms with Crippen molar-refractivity contribution in [2.75, 3.05) is 6.79 Å². The molecule has 1 aliphatic rings. The summed E-state index contributed by atoms with van der Waals surface area (Å²) < 4.78 is 18.6. The van der Waals surface area contributed by atoms with Crippen molar-refractivity contribution in [2.45, 2.75) is 26.5 Å². The van der Waals surface area contributed by atoms with Crippen LogP contribution in [-0.2, 0) is 11.4 Å². The Morgan fingerprint density at radius 1 is 1.00 bits per heavy atom. The summed E-state index contributed by atoms with van der Waals surface area (Å²) in [5.74, 6) is -0.557. The molecular weight excluding hydrogens is 567 g/mol. The van der Waals surface area contributed by atoms with Crippen molar-refractivity contribution in [1.29, 1.82) is 0 Å². The molecule has 2 heterocycles. The van der Waals surface area contributed by atoms with Gasteiger partial charge < -0.3 is 29.2 Å².